The number of hydrogen-bond donors (Lipinski definition) is 1. The lowest BCUT2D eigenvalue weighted by molar-refractivity contribution is -0.121. The number of hydrogen-bond acceptors (Lipinski definition) is 2. The molecule has 1 N–H and O–H groups in total. The van der Waals surface area contributed by atoms with Crippen molar-refractivity contribution in [3.05, 3.63) is 51.8 Å². The van der Waals surface area contributed by atoms with E-state index in [4.69, 9.17) is 11.6 Å². The molecule has 0 fully saturated rings. The van der Waals surface area contributed by atoms with Crippen molar-refractivity contribution < 1.29 is 4.79 Å². The molecule has 2 aromatic rings. The summed E-state index contributed by atoms with van der Waals surface area (Å²) < 4.78 is 1.93. The lowest BCUT2D eigenvalue weighted by atomic mass is 10.1. The van der Waals surface area contributed by atoms with E-state index in [2.05, 4.69) is 10.4 Å². The Bertz CT molecular complexity index is 661. The molecule has 22 heavy (non-hydrogen) atoms. The van der Waals surface area contributed by atoms with Gasteiger partial charge in [0.1, 0.15) is 0 Å². The lowest BCUT2D eigenvalue weighted by Gasteiger charge is -2.14. The van der Waals surface area contributed by atoms with Crippen LogP contribution in [0.2, 0.25) is 5.02 Å². The van der Waals surface area contributed by atoms with E-state index < -0.39 is 0 Å². The van der Waals surface area contributed by atoms with Crippen molar-refractivity contribution in [2.45, 2.75) is 46.7 Å². The zero-order chi connectivity index (χ0) is 16.3. The van der Waals surface area contributed by atoms with E-state index in [1.54, 1.807) is 0 Å². The summed E-state index contributed by atoms with van der Waals surface area (Å²) in [5, 5.41) is 8.17. The topological polar surface area (TPSA) is 46.9 Å². The van der Waals surface area contributed by atoms with E-state index >= 15 is 0 Å². The van der Waals surface area contributed by atoms with Gasteiger partial charge < -0.3 is 5.32 Å². The highest BCUT2D eigenvalue weighted by atomic mass is 35.5. The Kier molecular flexibility index (Phi) is 5.24. The van der Waals surface area contributed by atoms with Crippen molar-refractivity contribution in [2.75, 3.05) is 0 Å². The number of aryl methyl sites for hydroxylation is 2. The first-order valence-corrected chi connectivity index (χ1v) is 7.87. The summed E-state index contributed by atoms with van der Waals surface area (Å²) in [6.07, 6.45) is 0.357. The van der Waals surface area contributed by atoms with Crippen LogP contribution in [0, 0.1) is 13.8 Å². The summed E-state index contributed by atoms with van der Waals surface area (Å²) in [5.74, 6) is 0.00398. The van der Waals surface area contributed by atoms with Gasteiger partial charge in [-0.15, -0.1) is 0 Å². The van der Waals surface area contributed by atoms with E-state index in [0.717, 1.165) is 29.1 Å². The van der Waals surface area contributed by atoms with E-state index in [0.29, 0.717) is 11.4 Å². The average molecular weight is 320 g/mol. The molecule has 1 atom stereocenters. The number of nitrogens with zero attached hydrogens (tertiary/aromatic N) is 2. The molecule has 118 valence electrons. The molecule has 0 aliphatic heterocycles. The molecule has 1 aromatic carbocycles. The quantitative estimate of drug-likeness (QED) is 0.915. The highest BCUT2D eigenvalue weighted by Gasteiger charge is 2.16. The molecule has 0 radical (unpaired) electrons. The second-order valence-corrected chi connectivity index (χ2v) is 5.92. The molecule has 0 aliphatic carbocycles. The maximum Gasteiger partial charge on any atom is 0.225 e. The zero-order valence-corrected chi connectivity index (χ0v) is 14.2. The van der Waals surface area contributed by atoms with Gasteiger partial charge in [-0.2, -0.15) is 5.10 Å². The Hall–Kier alpha value is -1.81. The Morgan fingerprint density at radius 1 is 1.32 bits per heavy atom. The molecular formula is C17H22ClN3O. The smallest absolute Gasteiger partial charge is 0.225 e. The first-order valence-electron chi connectivity index (χ1n) is 7.50. The van der Waals surface area contributed by atoms with Gasteiger partial charge in [-0.05, 0) is 45.4 Å². The minimum absolute atomic E-state index is 0.00398. The van der Waals surface area contributed by atoms with Gasteiger partial charge in [-0.25, -0.2) is 0 Å². The van der Waals surface area contributed by atoms with Crippen molar-refractivity contribution >= 4 is 17.5 Å². The molecule has 0 saturated heterocycles. The minimum atomic E-state index is -0.0494. The molecule has 2 rings (SSSR count). The van der Waals surface area contributed by atoms with Crippen LogP contribution in [-0.4, -0.2) is 15.7 Å². The molecule has 0 bridgehead atoms. The minimum Gasteiger partial charge on any atom is -0.349 e. The van der Waals surface area contributed by atoms with Gasteiger partial charge >= 0.3 is 0 Å². The van der Waals surface area contributed by atoms with Gasteiger partial charge in [-0.1, -0.05) is 23.7 Å². The first kappa shape index (κ1) is 16.6. The number of rotatable bonds is 5. The van der Waals surface area contributed by atoms with Crippen LogP contribution in [0.1, 0.15) is 42.4 Å². The predicted octanol–water partition coefficient (Wildman–Crippen LogP) is 3.59. The summed E-state index contributed by atoms with van der Waals surface area (Å²) >= 11 is 5.88. The number of halogens is 1. The number of amides is 1. The van der Waals surface area contributed by atoms with Gasteiger partial charge in [0.05, 0.1) is 18.2 Å². The van der Waals surface area contributed by atoms with Crippen LogP contribution in [0.5, 0.6) is 0 Å². The van der Waals surface area contributed by atoms with Crippen LogP contribution in [0.4, 0.5) is 0 Å². The number of aromatic nitrogens is 2. The van der Waals surface area contributed by atoms with Crippen LogP contribution in [0.25, 0.3) is 0 Å². The van der Waals surface area contributed by atoms with Gasteiger partial charge in [0, 0.05) is 22.8 Å². The third-order valence-corrected chi connectivity index (χ3v) is 4.17. The number of carbonyl (C=O) groups excluding carboxylic acids is 1. The third-order valence-electron chi connectivity index (χ3n) is 3.92. The molecule has 1 heterocycles. The SMILES string of the molecule is CCn1nc(C)c(CC(=O)N[C@@H](C)c2ccc(Cl)cc2)c1C. The highest BCUT2D eigenvalue weighted by molar-refractivity contribution is 6.30. The van der Waals surface area contributed by atoms with Crippen LogP contribution in [0.15, 0.2) is 24.3 Å². The number of nitrogens with one attached hydrogen (secondary N) is 1. The van der Waals surface area contributed by atoms with Crippen molar-refractivity contribution in [3.63, 3.8) is 0 Å². The Balaban J connectivity index is 2.04. The fraction of sp³-hybridized carbons (Fsp3) is 0.412. The van der Waals surface area contributed by atoms with Crippen LogP contribution < -0.4 is 5.32 Å². The monoisotopic (exact) mass is 319 g/mol. The lowest BCUT2D eigenvalue weighted by Crippen LogP contribution is -2.28. The van der Waals surface area contributed by atoms with Gasteiger partial charge in [0.2, 0.25) is 5.91 Å². The number of carbonyl (C=O) groups is 1. The molecule has 1 amide bonds. The second kappa shape index (κ2) is 6.97. The van der Waals surface area contributed by atoms with Crippen molar-refractivity contribution in [1.82, 2.24) is 15.1 Å². The van der Waals surface area contributed by atoms with Gasteiger partial charge in [0.25, 0.3) is 0 Å². The first-order chi connectivity index (χ1) is 10.4. The fourth-order valence-corrected chi connectivity index (χ4v) is 2.71. The normalized spacial score (nSPS) is 12.2. The highest BCUT2D eigenvalue weighted by Crippen LogP contribution is 2.17. The summed E-state index contributed by atoms with van der Waals surface area (Å²) in [7, 11) is 0. The summed E-state index contributed by atoms with van der Waals surface area (Å²) in [6.45, 7) is 8.79. The Morgan fingerprint density at radius 3 is 2.50 bits per heavy atom. The van der Waals surface area contributed by atoms with Crippen LogP contribution >= 0.6 is 11.6 Å². The van der Waals surface area contributed by atoms with Crippen molar-refractivity contribution in [2.24, 2.45) is 0 Å². The maximum absolute atomic E-state index is 12.3. The molecule has 5 heteroatoms. The largest absolute Gasteiger partial charge is 0.349 e. The second-order valence-electron chi connectivity index (χ2n) is 5.48. The van der Waals surface area contributed by atoms with E-state index in [1.807, 2.05) is 56.6 Å². The summed E-state index contributed by atoms with van der Waals surface area (Å²) in [5.41, 5.74) is 4.04. The molecule has 0 saturated carbocycles. The average Bonchev–Trinajstić information content (AvgIpc) is 2.75. The zero-order valence-electron chi connectivity index (χ0n) is 13.5. The third kappa shape index (κ3) is 3.69. The summed E-state index contributed by atoms with van der Waals surface area (Å²) in [6, 6.07) is 7.47. The van der Waals surface area contributed by atoms with Gasteiger partial charge in [-0.3, -0.25) is 9.48 Å². The standard InChI is InChI=1S/C17H22ClN3O/c1-5-21-13(4)16(12(3)20-21)10-17(22)19-11(2)14-6-8-15(18)9-7-14/h6-9,11H,5,10H2,1-4H3,(H,19,22)/t11-/m0/s1. The van der Waals surface area contributed by atoms with E-state index in [9.17, 15) is 4.79 Å². The van der Waals surface area contributed by atoms with Crippen molar-refractivity contribution in [1.29, 1.82) is 0 Å². The fourth-order valence-electron chi connectivity index (χ4n) is 2.59. The molecule has 0 spiro atoms. The van der Waals surface area contributed by atoms with Crippen LogP contribution in [-0.2, 0) is 17.8 Å². The molecule has 1 aromatic heterocycles. The molecule has 4 nitrogen and oxygen atoms in total. The predicted molar refractivity (Wildman–Crippen MR) is 89.1 cm³/mol. The van der Waals surface area contributed by atoms with E-state index in [1.165, 1.54) is 0 Å². The Labute approximate surface area is 136 Å². The van der Waals surface area contributed by atoms with Crippen molar-refractivity contribution in [3.8, 4) is 0 Å². The molecule has 0 aliphatic rings. The van der Waals surface area contributed by atoms with Crippen LogP contribution in [0.3, 0.4) is 0 Å². The summed E-state index contributed by atoms with van der Waals surface area (Å²) in [4.78, 5) is 12.3. The van der Waals surface area contributed by atoms with E-state index in [-0.39, 0.29) is 11.9 Å². The maximum atomic E-state index is 12.3. The molecule has 0 unspecified atom stereocenters. The van der Waals surface area contributed by atoms with Gasteiger partial charge in [0.15, 0.2) is 0 Å². The number of benzene rings is 1. The Morgan fingerprint density at radius 2 is 1.95 bits per heavy atom. The molecular weight excluding hydrogens is 298 g/mol.